The van der Waals surface area contributed by atoms with Gasteiger partial charge < -0.3 is 10.4 Å². The summed E-state index contributed by atoms with van der Waals surface area (Å²) in [5, 5.41) is 12.5. The van der Waals surface area contributed by atoms with E-state index in [1.54, 1.807) is 24.3 Å². The molecular weight excluding hydrogens is 545 g/mol. The molecular formula is C24H22BrCl2N3O4. The molecule has 2 unspecified atom stereocenters. The van der Waals surface area contributed by atoms with E-state index in [9.17, 15) is 19.5 Å². The Morgan fingerprint density at radius 2 is 1.76 bits per heavy atom. The molecule has 1 aromatic carbocycles. The first-order valence-corrected chi connectivity index (χ1v) is 12.6. The first-order valence-electron chi connectivity index (χ1n) is 10.9. The second-order valence-corrected chi connectivity index (χ2v) is 10.3. The summed E-state index contributed by atoms with van der Waals surface area (Å²) in [5.41, 5.74) is 1.48. The van der Waals surface area contributed by atoms with Crippen LogP contribution in [-0.4, -0.2) is 38.3 Å². The van der Waals surface area contributed by atoms with E-state index in [4.69, 9.17) is 28.2 Å². The number of hydrogen-bond acceptors (Lipinski definition) is 5. The number of amides is 1. The molecule has 2 N–H and O–H groups in total. The number of carbonyl (C=O) groups is 3. The number of anilines is 1. The number of Topliss-reactive ketones (excluding diaryl/α,β-unsaturated/α-hetero) is 1. The van der Waals surface area contributed by atoms with Crippen LogP contribution in [0.3, 0.4) is 0 Å². The normalized spacial score (nSPS) is 21.2. The van der Waals surface area contributed by atoms with Gasteiger partial charge in [-0.15, -0.1) is 0 Å². The quantitative estimate of drug-likeness (QED) is 0.423. The molecule has 0 bridgehead atoms. The van der Waals surface area contributed by atoms with Crippen molar-refractivity contribution in [2.45, 2.75) is 49.4 Å². The summed E-state index contributed by atoms with van der Waals surface area (Å²) in [6, 6.07) is 6.13. The van der Waals surface area contributed by atoms with Crippen LogP contribution in [0.1, 0.15) is 60.5 Å². The van der Waals surface area contributed by atoms with Gasteiger partial charge in [-0.05, 0) is 30.5 Å². The van der Waals surface area contributed by atoms with Crippen molar-refractivity contribution in [3.05, 3.63) is 57.8 Å². The Morgan fingerprint density at radius 1 is 1.15 bits per heavy atom. The van der Waals surface area contributed by atoms with Crippen molar-refractivity contribution in [3.63, 3.8) is 0 Å². The minimum Gasteiger partial charge on any atom is -0.481 e. The smallest absolute Gasteiger partial charge is 0.305 e. The predicted molar refractivity (Wildman–Crippen MR) is 134 cm³/mol. The number of benzene rings is 1. The maximum Gasteiger partial charge on any atom is 0.305 e. The molecule has 0 aliphatic heterocycles. The topological polar surface area (TPSA) is 109 Å². The number of carbonyl (C=O) groups excluding carboxylic acids is 2. The van der Waals surface area contributed by atoms with E-state index < -0.39 is 28.2 Å². The number of ketones is 1. The number of nitrogens with one attached hydrogen (secondary N) is 1. The van der Waals surface area contributed by atoms with Gasteiger partial charge in [0.2, 0.25) is 0 Å². The van der Waals surface area contributed by atoms with Crippen molar-refractivity contribution in [1.29, 1.82) is 0 Å². The van der Waals surface area contributed by atoms with Crippen LogP contribution >= 0.6 is 39.1 Å². The zero-order valence-electron chi connectivity index (χ0n) is 18.1. The summed E-state index contributed by atoms with van der Waals surface area (Å²) < 4.78 is 0. The summed E-state index contributed by atoms with van der Waals surface area (Å²) in [6.45, 7) is 0. The summed E-state index contributed by atoms with van der Waals surface area (Å²) in [5.74, 6) is -1.32. The third kappa shape index (κ3) is 4.76. The van der Waals surface area contributed by atoms with Gasteiger partial charge in [0.05, 0.1) is 33.5 Å². The van der Waals surface area contributed by atoms with Crippen LogP contribution in [0.2, 0.25) is 10.0 Å². The molecule has 2 atom stereocenters. The fraction of sp³-hybridized carbons (Fsp3) is 0.375. The minimum absolute atomic E-state index is 0.119. The zero-order valence-corrected chi connectivity index (χ0v) is 21.2. The van der Waals surface area contributed by atoms with E-state index in [1.807, 2.05) is 0 Å². The van der Waals surface area contributed by atoms with Gasteiger partial charge >= 0.3 is 5.97 Å². The third-order valence-corrected chi connectivity index (χ3v) is 7.86. The highest BCUT2D eigenvalue weighted by molar-refractivity contribution is 9.10. The molecule has 4 rings (SSSR count). The van der Waals surface area contributed by atoms with E-state index in [2.05, 4.69) is 26.2 Å². The zero-order chi connectivity index (χ0) is 24.5. The number of aliphatic carboxylic acids is 1. The molecule has 0 saturated heterocycles. The third-order valence-electron chi connectivity index (χ3n) is 6.44. The fourth-order valence-corrected chi connectivity index (χ4v) is 6.22. The maximum absolute atomic E-state index is 12.7. The summed E-state index contributed by atoms with van der Waals surface area (Å²) in [6.07, 6.45) is 7.01. The number of carboxylic acid groups (broad SMARTS) is 1. The second kappa shape index (κ2) is 10.1. The van der Waals surface area contributed by atoms with Gasteiger partial charge in [-0.3, -0.25) is 24.4 Å². The van der Waals surface area contributed by atoms with Crippen molar-refractivity contribution >= 4 is 68.2 Å². The Balaban J connectivity index is 1.57. The van der Waals surface area contributed by atoms with E-state index in [0.29, 0.717) is 11.3 Å². The summed E-state index contributed by atoms with van der Waals surface area (Å²) >= 11 is 15.5. The van der Waals surface area contributed by atoms with Crippen LogP contribution in [-0.2, 0) is 9.59 Å². The Morgan fingerprint density at radius 3 is 2.35 bits per heavy atom. The first kappa shape index (κ1) is 24.8. The van der Waals surface area contributed by atoms with Gasteiger partial charge in [-0.25, -0.2) is 0 Å². The van der Waals surface area contributed by atoms with Crippen molar-refractivity contribution in [3.8, 4) is 0 Å². The average Bonchev–Trinajstić information content (AvgIpc) is 2.82. The van der Waals surface area contributed by atoms with Crippen molar-refractivity contribution < 1.29 is 19.5 Å². The SMILES string of the molecule is O=C(O)CC(N=C1C(Br)C(=O)C12CCCCC2)c1ccc(NC(=O)c2c(Cl)cncc2Cl)cc1. The average molecular weight is 567 g/mol. The molecule has 2 fully saturated rings. The number of aromatic nitrogens is 1. The van der Waals surface area contributed by atoms with Gasteiger partial charge in [0, 0.05) is 23.8 Å². The lowest BCUT2D eigenvalue weighted by Crippen LogP contribution is -2.60. The molecule has 0 radical (unpaired) electrons. The van der Waals surface area contributed by atoms with Crippen LogP contribution in [0.5, 0.6) is 0 Å². The lowest BCUT2D eigenvalue weighted by atomic mass is 9.58. The van der Waals surface area contributed by atoms with Crippen LogP contribution < -0.4 is 5.32 Å². The Kier molecular flexibility index (Phi) is 7.40. The highest BCUT2D eigenvalue weighted by Crippen LogP contribution is 2.50. The second-order valence-electron chi connectivity index (χ2n) is 8.55. The predicted octanol–water partition coefficient (Wildman–Crippen LogP) is 5.89. The highest BCUT2D eigenvalue weighted by Gasteiger charge is 2.58. The number of aliphatic imine (C=N–C) groups is 1. The van der Waals surface area contributed by atoms with E-state index >= 15 is 0 Å². The van der Waals surface area contributed by atoms with Crippen molar-refractivity contribution in [2.24, 2.45) is 10.4 Å². The van der Waals surface area contributed by atoms with Gasteiger partial charge in [0.15, 0.2) is 5.78 Å². The van der Waals surface area contributed by atoms with E-state index in [0.717, 1.165) is 37.8 Å². The van der Waals surface area contributed by atoms with Gasteiger partial charge in [-0.1, -0.05) is 70.5 Å². The van der Waals surface area contributed by atoms with Gasteiger partial charge in [-0.2, -0.15) is 0 Å². The Hall–Kier alpha value is -2.29. The number of carboxylic acids is 1. The molecule has 2 aliphatic carbocycles. The van der Waals surface area contributed by atoms with Crippen LogP contribution in [0, 0.1) is 5.41 Å². The van der Waals surface area contributed by atoms with Crippen molar-refractivity contribution in [1.82, 2.24) is 4.98 Å². The van der Waals surface area contributed by atoms with E-state index in [-0.39, 0.29) is 27.8 Å². The van der Waals surface area contributed by atoms with Crippen molar-refractivity contribution in [2.75, 3.05) is 5.32 Å². The molecule has 1 aromatic heterocycles. The van der Waals surface area contributed by atoms with Crippen LogP contribution in [0.25, 0.3) is 0 Å². The largest absolute Gasteiger partial charge is 0.481 e. The Bertz CT molecular complexity index is 1140. The molecule has 178 valence electrons. The van der Waals surface area contributed by atoms with Crippen LogP contribution in [0.15, 0.2) is 41.7 Å². The summed E-state index contributed by atoms with van der Waals surface area (Å²) in [4.78, 5) is 45.1. The maximum atomic E-state index is 12.7. The molecule has 34 heavy (non-hydrogen) atoms. The van der Waals surface area contributed by atoms with Gasteiger partial charge in [0.25, 0.3) is 5.91 Å². The number of hydrogen-bond donors (Lipinski definition) is 2. The highest BCUT2D eigenvalue weighted by atomic mass is 79.9. The fourth-order valence-electron chi connectivity index (χ4n) is 4.69. The molecule has 2 aliphatic rings. The number of pyridine rings is 1. The molecule has 10 heteroatoms. The van der Waals surface area contributed by atoms with Crippen LogP contribution in [0.4, 0.5) is 5.69 Å². The number of nitrogens with zero attached hydrogens (tertiary/aromatic N) is 2. The monoisotopic (exact) mass is 565 g/mol. The molecule has 1 heterocycles. The standard InChI is InChI=1S/C24H22BrCl2N3O4/c25-20-21(24(22(20)33)8-2-1-3-9-24)30-17(10-18(31)32)13-4-6-14(7-5-13)29-23(34)19-15(26)11-28-12-16(19)27/h4-7,11-12,17,20H,1-3,8-10H2,(H,29,34)(H,31,32). The Labute approximate surface area is 215 Å². The van der Waals surface area contributed by atoms with Gasteiger partial charge in [0.1, 0.15) is 4.83 Å². The number of halogens is 3. The molecule has 2 saturated carbocycles. The minimum atomic E-state index is -0.983. The first-order chi connectivity index (χ1) is 16.2. The number of alkyl halides is 1. The number of rotatable bonds is 6. The molecule has 1 amide bonds. The lowest BCUT2D eigenvalue weighted by molar-refractivity contribution is -0.137. The molecule has 1 spiro atoms. The lowest BCUT2D eigenvalue weighted by Gasteiger charge is -2.48. The summed E-state index contributed by atoms with van der Waals surface area (Å²) in [7, 11) is 0. The molecule has 2 aromatic rings. The molecule has 7 nitrogen and oxygen atoms in total. The van der Waals surface area contributed by atoms with E-state index in [1.165, 1.54) is 12.4 Å².